The quantitative estimate of drug-likeness (QED) is 0.800. The number of likely N-dealkylation sites (tertiary alicyclic amines) is 2. The van der Waals surface area contributed by atoms with Gasteiger partial charge in [0, 0.05) is 56.6 Å². The van der Waals surface area contributed by atoms with Gasteiger partial charge < -0.3 is 4.90 Å². The van der Waals surface area contributed by atoms with E-state index in [1.165, 1.54) is 18.4 Å². The molecule has 5 nitrogen and oxygen atoms in total. The van der Waals surface area contributed by atoms with Crippen LogP contribution in [0.3, 0.4) is 0 Å². The van der Waals surface area contributed by atoms with Crippen molar-refractivity contribution in [2.24, 2.45) is 5.41 Å². The minimum absolute atomic E-state index is 0.225. The number of rotatable bonds is 5. The number of amides is 1. The number of nitrogens with zero attached hydrogens (tertiary/aromatic N) is 4. The summed E-state index contributed by atoms with van der Waals surface area (Å²) >= 11 is 0. The highest BCUT2D eigenvalue weighted by atomic mass is 16.2. The molecule has 1 amide bonds. The van der Waals surface area contributed by atoms with Crippen molar-refractivity contribution >= 4 is 5.91 Å². The summed E-state index contributed by atoms with van der Waals surface area (Å²) in [5, 5.41) is 0. The van der Waals surface area contributed by atoms with E-state index in [1.807, 2.05) is 18.3 Å². The van der Waals surface area contributed by atoms with Gasteiger partial charge in [-0.3, -0.25) is 19.7 Å². The van der Waals surface area contributed by atoms with Crippen molar-refractivity contribution in [2.75, 3.05) is 19.6 Å². The molecule has 4 rings (SSSR count). The van der Waals surface area contributed by atoms with Crippen molar-refractivity contribution in [1.82, 2.24) is 19.8 Å². The molecule has 2 aromatic heterocycles. The monoisotopic (exact) mass is 378 g/mol. The van der Waals surface area contributed by atoms with E-state index >= 15 is 0 Å². The fourth-order valence-electron chi connectivity index (χ4n) is 4.72. The Morgan fingerprint density at radius 2 is 1.89 bits per heavy atom. The highest BCUT2D eigenvalue weighted by molar-refractivity contribution is 5.77. The highest BCUT2D eigenvalue weighted by Gasteiger charge is 2.41. The third-order valence-corrected chi connectivity index (χ3v) is 6.29. The standard InChI is InChI=1S/C23H30N4O/c1-2-19-4-5-21(25-14-19)16-26-13-3-9-23(17-26)10-6-22(28)27(18-23)15-20-7-11-24-12-8-20/h4-5,7-8,11-12,14H,2-3,6,9-10,13,15-18H2,1H3/t23-/m0/s1. The van der Waals surface area contributed by atoms with Gasteiger partial charge in [0.25, 0.3) is 0 Å². The maximum atomic E-state index is 12.5. The second-order valence-electron chi connectivity index (χ2n) is 8.43. The summed E-state index contributed by atoms with van der Waals surface area (Å²) in [5.74, 6) is 0.288. The van der Waals surface area contributed by atoms with Gasteiger partial charge in [-0.25, -0.2) is 0 Å². The van der Waals surface area contributed by atoms with Crippen LogP contribution in [-0.2, 0) is 24.3 Å². The fraction of sp³-hybridized carbons (Fsp3) is 0.522. The summed E-state index contributed by atoms with van der Waals surface area (Å²) in [7, 11) is 0. The Balaban J connectivity index is 1.42. The normalized spacial score (nSPS) is 23.3. The molecule has 0 bridgehead atoms. The first-order valence-electron chi connectivity index (χ1n) is 10.5. The number of carbonyl (C=O) groups excluding carboxylic acids is 1. The molecule has 0 aromatic carbocycles. The molecule has 0 aliphatic carbocycles. The lowest BCUT2D eigenvalue weighted by Gasteiger charge is -2.48. The van der Waals surface area contributed by atoms with E-state index in [2.05, 4.69) is 38.8 Å². The first-order chi connectivity index (χ1) is 13.7. The lowest BCUT2D eigenvalue weighted by Crippen LogP contribution is -2.53. The van der Waals surface area contributed by atoms with Gasteiger partial charge in [0.15, 0.2) is 0 Å². The van der Waals surface area contributed by atoms with Gasteiger partial charge in [0.2, 0.25) is 5.91 Å². The van der Waals surface area contributed by atoms with Gasteiger partial charge in [0.05, 0.1) is 5.69 Å². The lowest BCUT2D eigenvalue weighted by molar-refractivity contribution is -0.140. The molecular weight excluding hydrogens is 348 g/mol. The Morgan fingerprint density at radius 1 is 1.04 bits per heavy atom. The highest BCUT2D eigenvalue weighted by Crippen LogP contribution is 2.39. The summed E-state index contributed by atoms with van der Waals surface area (Å²) in [6.45, 7) is 6.81. The smallest absolute Gasteiger partial charge is 0.222 e. The zero-order valence-corrected chi connectivity index (χ0v) is 16.8. The topological polar surface area (TPSA) is 49.3 Å². The third-order valence-electron chi connectivity index (χ3n) is 6.29. The maximum Gasteiger partial charge on any atom is 0.222 e. The fourth-order valence-corrected chi connectivity index (χ4v) is 4.72. The Hall–Kier alpha value is -2.27. The SMILES string of the molecule is CCc1ccc(CN2CCC[C@]3(CCC(=O)N(Cc4ccncc4)C3)C2)nc1. The molecule has 2 aliphatic heterocycles. The van der Waals surface area contributed by atoms with Crippen LogP contribution >= 0.6 is 0 Å². The number of aryl methyl sites for hydroxylation is 1. The molecule has 1 spiro atoms. The van der Waals surface area contributed by atoms with Crippen LogP contribution in [0.15, 0.2) is 42.9 Å². The molecule has 2 aromatic rings. The van der Waals surface area contributed by atoms with Gasteiger partial charge >= 0.3 is 0 Å². The van der Waals surface area contributed by atoms with E-state index in [4.69, 9.17) is 0 Å². The van der Waals surface area contributed by atoms with Crippen LogP contribution in [0.2, 0.25) is 0 Å². The van der Waals surface area contributed by atoms with Gasteiger partial charge in [-0.15, -0.1) is 0 Å². The van der Waals surface area contributed by atoms with E-state index in [9.17, 15) is 4.79 Å². The van der Waals surface area contributed by atoms with E-state index in [1.54, 1.807) is 12.4 Å². The van der Waals surface area contributed by atoms with Crippen LogP contribution in [0.4, 0.5) is 0 Å². The van der Waals surface area contributed by atoms with Crippen LogP contribution in [0, 0.1) is 5.41 Å². The van der Waals surface area contributed by atoms with Crippen LogP contribution in [0.1, 0.15) is 49.4 Å². The molecular formula is C23H30N4O. The molecule has 1 atom stereocenters. The van der Waals surface area contributed by atoms with Crippen molar-refractivity contribution in [3.05, 3.63) is 59.7 Å². The Bertz CT molecular complexity index is 792. The van der Waals surface area contributed by atoms with Crippen LogP contribution < -0.4 is 0 Å². The van der Waals surface area contributed by atoms with E-state index < -0.39 is 0 Å². The van der Waals surface area contributed by atoms with E-state index in [0.717, 1.165) is 50.3 Å². The second-order valence-corrected chi connectivity index (χ2v) is 8.43. The first kappa shape index (κ1) is 19.1. The number of carbonyl (C=O) groups is 1. The molecule has 0 N–H and O–H groups in total. The zero-order valence-electron chi connectivity index (χ0n) is 16.8. The summed E-state index contributed by atoms with van der Waals surface area (Å²) < 4.78 is 0. The Labute approximate surface area is 167 Å². The lowest BCUT2D eigenvalue weighted by atomic mass is 9.73. The molecule has 2 saturated heterocycles. The van der Waals surface area contributed by atoms with Crippen LogP contribution in [-0.4, -0.2) is 45.3 Å². The summed E-state index contributed by atoms with van der Waals surface area (Å²) in [4.78, 5) is 25.9. The molecule has 5 heteroatoms. The maximum absolute atomic E-state index is 12.5. The average molecular weight is 379 g/mol. The number of aromatic nitrogens is 2. The summed E-state index contributed by atoms with van der Waals surface area (Å²) in [6.07, 6.45) is 10.7. The molecule has 2 fully saturated rings. The minimum atomic E-state index is 0.225. The Kier molecular flexibility index (Phi) is 5.72. The van der Waals surface area contributed by atoms with Gasteiger partial charge in [-0.05, 0) is 61.6 Å². The number of hydrogen-bond donors (Lipinski definition) is 0. The number of hydrogen-bond acceptors (Lipinski definition) is 4. The summed E-state index contributed by atoms with van der Waals surface area (Å²) in [5.41, 5.74) is 3.82. The molecule has 0 radical (unpaired) electrons. The van der Waals surface area contributed by atoms with E-state index in [0.29, 0.717) is 13.0 Å². The van der Waals surface area contributed by atoms with Crippen molar-refractivity contribution in [3.8, 4) is 0 Å². The summed E-state index contributed by atoms with van der Waals surface area (Å²) in [6, 6.07) is 8.37. The van der Waals surface area contributed by atoms with Crippen molar-refractivity contribution in [3.63, 3.8) is 0 Å². The van der Waals surface area contributed by atoms with Gasteiger partial charge in [-0.2, -0.15) is 0 Å². The minimum Gasteiger partial charge on any atom is -0.338 e. The zero-order chi connectivity index (χ0) is 19.4. The molecule has 148 valence electrons. The predicted molar refractivity (Wildman–Crippen MR) is 109 cm³/mol. The van der Waals surface area contributed by atoms with Crippen molar-refractivity contribution < 1.29 is 4.79 Å². The molecule has 2 aliphatic rings. The molecule has 4 heterocycles. The number of pyridine rings is 2. The second kappa shape index (κ2) is 8.39. The largest absolute Gasteiger partial charge is 0.338 e. The van der Waals surface area contributed by atoms with Gasteiger partial charge in [0.1, 0.15) is 0 Å². The molecule has 0 saturated carbocycles. The predicted octanol–water partition coefficient (Wildman–Crippen LogP) is 3.44. The first-order valence-corrected chi connectivity index (χ1v) is 10.5. The molecule has 28 heavy (non-hydrogen) atoms. The van der Waals surface area contributed by atoms with Crippen LogP contribution in [0.5, 0.6) is 0 Å². The van der Waals surface area contributed by atoms with Gasteiger partial charge in [-0.1, -0.05) is 13.0 Å². The average Bonchev–Trinajstić information content (AvgIpc) is 2.72. The van der Waals surface area contributed by atoms with Crippen LogP contribution in [0.25, 0.3) is 0 Å². The van der Waals surface area contributed by atoms with E-state index in [-0.39, 0.29) is 11.3 Å². The third kappa shape index (κ3) is 4.41. The number of piperidine rings is 2. The molecule has 0 unspecified atom stereocenters. The van der Waals surface area contributed by atoms with Crippen molar-refractivity contribution in [1.29, 1.82) is 0 Å². The van der Waals surface area contributed by atoms with Crippen molar-refractivity contribution in [2.45, 2.75) is 52.1 Å². The Morgan fingerprint density at radius 3 is 2.64 bits per heavy atom.